The molecule has 2 atom stereocenters. The van der Waals surface area contributed by atoms with Gasteiger partial charge >= 0.3 is 8.03 Å². The minimum Gasteiger partial charge on any atom is -0.593 e. The molecule has 0 saturated heterocycles. The molecule has 0 amide bonds. The summed E-state index contributed by atoms with van der Waals surface area (Å²) in [6.07, 6.45) is 22.9. The third kappa shape index (κ3) is 16.6. The van der Waals surface area contributed by atoms with E-state index in [9.17, 15) is 14.6 Å². The first-order chi connectivity index (χ1) is 14.5. The largest absolute Gasteiger partial charge is 0.593 e. The van der Waals surface area contributed by atoms with Crippen LogP contribution >= 0.6 is 8.03 Å². The zero-order chi connectivity index (χ0) is 22.5. The number of unbranched alkanes of at least 4 members (excludes halogenated alkanes) is 15. The van der Waals surface area contributed by atoms with Gasteiger partial charge in [-0.1, -0.05) is 122 Å². The average molecular weight is 446 g/mol. The summed E-state index contributed by atoms with van der Waals surface area (Å²) in [5, 5.41) is 12.1. The van der Waals surface area contributed by atoms with E-state index >= 15 is 0 Å². The van der Waals surface area contributed by atoms with Crippen molar-refractivity contribution in [2.75, 3.05) is 6.54 Å². The Labute approximate surface area is 188 Å². The molecular formula is C25H52NO3P. The van der Waals surface area contributed by atoms with Crippen molar-refractivity contribution in [1.29, 1.82) is 0 Å². The highest BCUT2D eigenvalue weighted by Gasteiger charge is 2.40. The summed E-state index contributed by atoms with van der Waals surface area (Å²) in [6.45, 7) is 6.57. The molecule has 0 rings (SSSR count). The van der Waals surface area contributed by atoms with Crippen molar-refractivity contribution in [3.63, 3.8) is 0 Å². The SMILES string of the molecule is CCCCCCCCCCCCCCCCCCC(O)(CNC(CC)CC)[P+](=O)[O-]. The lowest BCUT2D eigenvalue weighted by Gasteiger charge is -2.23. The number of hydrogen-bond donors (Lipinski definition) is 2. The van der Waals surface area contributed by atoms with Crippen LogP contribution in [0.2, 0.25) is 0 Å². The van der Waals surface area contributed by atoms with Gasteiger partial charge in [-0.05, 0) is 19.3 Å². The van der Waals surface area contributed by atoms with Gasteiger partial charge in [-0.25, -0.2) is 0 Å². The molecule has 0 spiro atoms. The molecular weight excluding hydrogens is 393 g/mol. The van der Waals surface area contributed by atoms with E-state index in [1.807, 2.05) is 0 Å². The van der Waals surface area contributed by atoms with Gasteiger partial charge < -0.3 is 15.3 Å². The number of hydrogen-bond acceptors (Lipinski definition) is 4. The lowest BCUT2D eigenvalue weighted by atomic mass is 10.0. The smallest absolute Gasteiger partial charge is 0.345 e. The third-order valence-electron chi connectivity index (χ3n) is 6.43. The Balaban J connectivity index is 3.57. The zero-order valence-electron chi connectivity index (χ0n) is 20.4. The van der Waals surface area contributed by atoms with Crippen molar-refractivity contribution >= 4 is 8.03 Å². The highest BCUT2D eigenvalue weighted by Crippen LogP contribution is 2.34. The second-order valence-electron chi connectivity index (χ2n) is 9.19. The first kappa shape index (κ1) is 30.0. The molecule has 0 radical (unpaired) electrons. The van der Waals surface area contributed by atoms with Gasteiger partial charge in [0.15, 0.2) is 0 Å². The van der Waals surface area contributed by atoms with Crippen molar-refractivity contribution in [2.24, 2.45) is 0 Å². The molecule has 0 aliphatic rings. The van der Waals surface area contributed by atoms with Crippen LogP contribution in [0.15, 0.2) is 0 Å². The van der Waals surface area contributed by atoms with Crippen molar-refractivity contribution in [3.8, 4) is 0 Å². The Morgan fingerprint density at radius 2 is 1.10 bits per heavy atom. The molecule has 5 heteroatoms. The Bertz CT molecular complexity index is 391. The van der Waals surface area contributed by atoms with Crippen LogP contribution in [0.25, 0.3) is 0 Å². The van der Waals surface area contributed by atoms with E-state index < -0.39 is 13.4 Å². The summed E-state index contributed by atoms with van der Waals surface area (Å²) in [7, 11) is -2.84. The van der Waals surface area contributed by atoms with E-state index in [4.69, 9.17) is 0 Å². The van der Waals surface area contributed by atoms with E-state index in [0.717, 1.165) is 32.1 Å². The maximum absolute atomic E-state index is 11.5. The van der Waals surface area contributed by atoms with E-state index in [0.29, 0.717) is 6.42 Å². The Morgan fingerprint density at radius 3 is 1.43 bits per heavy atom. The summed E-state index contributed by atoms with van der Waals surface area (Å²) in [5.41, 5.74) is 0. The van der Waals surface area contributed by atoms with Gasteiger partial charge in [-0.2, -0.15) is 0 Å². The molecule has 2 unspecified atom stereocenters. The molecule has 4 nitrogen and oxygen atoms in total. The van der Waals surface area contributed by atoms with Crippen LogP contribution in [0, 0.1) is 0 Å². The second kappa shape index (κ2) is 20.9. The monoisotopic (exact) mass is 445 g/mol. The minimum absolute atomic E-state index is 0.150. The van der Waals surface area contributed by atoms with E-state index in [1.165, 1.54) is 83.5 Å². The Morgan fingerprint density at radius 1 is 0.733 bits per heavy atom. The molecule has 0 saturated carbocycles. The summed E-state index contributed by atoms with van der Waals surface area (Å²) < 4.78 is 11.5. The zero-order valence-corrected chi connectivity index (χ0v) is 21.3. The summed E-state index contributed by atoms with van der Waals surface area (Å²) in [4.78, 5) is 11.5. The molecule has 2 N–H and O–H groups in total. The number of rotatable bonds is 23. The topological polar surface area (TPSA) is 72.4 Å². The Hall–Kier alpha value is -0.0200. The molecule has 0 aliphatic carbocycles. The first-order valence-electron chi connectivity index (χ1n) is 13.1. The lowest BCUT2D eigenvalue weighted by Crippen LogP contribution is -2.43. The molecule has 0 aromatic heterocycles. The van der Waals surface area contributed by atoms with Crippen molar-refractivity contribution in [3.05, 3.63) is 0 Å². The van der Waals surface area contributed by atoms with Crippen LogP contribution in [0.4, 0.5) is 0 Å². The summed E-state index contributed by atoms with van der Waals surface area (Å²) in [6, 6.07) is 0.275. The van der Waals surface area contributed by atoms with E-state index in [2.05, 4.69) is 26.1 Å². The van der Waals surface area contributed by atoms with Crippen LogP contribution in [0.1, 0.15) is 143 Å². The van der Waals surface area contributed by atoms with Gasteiger partial charge in [0.1, 0.15) is 0 Å². The Kier molecular flexibility index (Phi) is 20.8. The molecule has 30 heavy (non-hydrogen) atoms. The van der Waals surface area contributed by atoms with Crippen LogP contribution in [-0.2, 0) is 4.57 Å². The predicted octanol–water partition coefficient (Wildman–Crippen LogP) is 7.21. The van der Waals surface area contributed by atoms with Crippen molar-refractivity contribution in [2.45, 2.75) is 154 Å². The molecule has 0 fully saturated rings. The van der Waals surface area contributed by atoms with E-state index in [1.54, 1.807) is 0 Å². The number of nitrogens with one attached hydrogen (secondary N) is 1. The molecule has 0 aromatic rings. The third-order valence-corrected chi connectivity index (χ3v) is 7.49. The van der Waals surface area contributed by atoms with Crippen LogP contribution in [0.5, 0.6) is 0 Å². The van der Waals surface area contributed by atoms with Gasteiger partial charge in [0.25, 0.3) is 5.34 Å². The standard InChI is InChI=1S/C25H52NO3P/c1-4-7-8-9-10-11-12-13-14-15-16-17-18-19-20-21-22-25(27,30(28)29)23-26-24(5-2)6-3/h24,26-27H,4-23H2,1-3H3. The molecule has 0 aliphatic heterocycles. The van der Waals surface area contributed by atoms with Crippen LogP contribution in [-0.4, -0.2) is 23.0 Å². The predicted molar refractivity (Wildman–Crippen MR) is 129 cm³/mol. The fraction of sp³-hybridized carbons (Fsp3) is 1.00. The van der Waals surface area contributed by atoms with Crippen molar-refractivity contribution in [1.82, 2.24) is 5.32 Å². The fourth-order valence-electron chi connectivity index (χ4n) is 4.09. The number of aliphatic hydroxyl groups is 1. The second-order valence-corrected chi connectivity index (χ2v) is 10.5. The first-order valence-corrected chi connectivity index (χ1v) is 14.3. The van der Waals surface area contributed by atoms with Crippen molar-refractivity contribution < 1.29 is 14.6 Å². The summed E-state index contributed by atoms with van der Waals surface area (Å²) >= 11 is 0. The normalized spacial score (nSPS) is 14.3. The van der Waals surface area contributed by atoms with E-state index in [-0.39, 0.29) is 12.6 Å². The van der Waals surface area contributed by atoms with Gasteiger partial charge in [0.05, 0.1) is 6.54 Å². The maximum atomic E-state index is 11.5. The van der Waals surface area contributed by atoms with Gasteiger partial charge in [0, 0.05) is 12.5 Å². The highest BCUT2D eigenvalue weighted by atomic mass is 31.1. The average Bonchev–Trinajstić information content (AvgIpc) is 2.74. The van der Waals surface area contributed by atoms with Crippen LogP contribution < -0.4 is 10.2 Å². The van der Waals surface area contributed by atoms with Crippen LogP contribution in [0.3, 0.4) is 0 Å². The quantitative estimate of drug-likeness (QED) is 0.129. The molecule has 0 heterocycles. The van der Waals surface area contributed by atoms with Gasteiger partial charge in [-0.15, -0.1) is 0 Å². The maximum Gasteiger partial charge on any atom is 0.345 e. The highest BCUT2D eigenvalue weighted by molar-refractivity contribution is 7.38. The lowest BCUT2D eigenvalue weighted by molar-refractivity contribution is -0.179. The van der Waals surface area contributed by atoms with Gasteiger partial charge in [0.2, 0.25) is 0 Å². The van der Waals surface area contributed by atoms with Gasteiger partial charge in [-0.3, -0.25) is 0 Å². The minimum atomic E-state index is -2.84. The molecule has 180 valence electrons. The fourth-order valence-corrected chi connectivity index (χ4v) is 4.65. The summed E-state index contributed by atoms with van der Waals surface area (Å²) in [5.74, 6) is 0. The molecule has 0 bridgehead atoms. The molecule has 0 aromatic carbocycles.